The number of nitrogens with two attached hydrogens (primary N) is 1. The minimum atomic E-state index is -0.361. The van der Waals surface area contributed by atoms with E-state index in [4.69, 9.17) is 15.2 Å². The van der Waals surface area contributed by atoms with Gasteiger partial charge in [-0.25, -0.2) is 0 Å². The van der Waals surface area contributed by atoms with E-state index in [1.807, 2.05) is 18.2 Å². The van der Waals surface area contributed by atoms with Crippen LogP contribution in [0.1, 0.15) is 5.56 Å². The van der Waals surface area contributed by atoms with E-state index in [1.165, 1.54) is 0 Å². The number of carbonyl (C=O) groups excluding carboxylic acids is 2. The normalized spacial score (nSPS) is 9.86. The summed E-state index contributed by atoms with van der Waals surface area (Å²) in [6.07, 6.45) is 0.594. The largest absolute Gasteiger partial charge is 0.497 e. The molecule has 0 heterocycles. The molecule has 0 atom stereocenters. The predicted octanol–water partition coefficient (Wildman–Crippen LogP) is -0.563. The van der Waals surface area contributed by atoms with Gasteiger partial charge in [0.2, 0.25) is 11.8 Å². The lowest BCUT2D eigenvalue weighted by atomic mass is 10.1. The second kappa shape index (κ2) is 8.80. The first-order valence-electron chi connectivity index (χ1n) is 6.55. The van der Waals surface area contributed by atoms with Crippen molar-refractivity contribution in [2.75, 3.05) is 33.9 Å². The van der Waals surface area contributed by atoms with Crippen molar-refractivity contribution in [3.8, 4) is 11.5 Å². The third kappa shape index (κ3) is 5.70. The van der Waals surface area contributed by atoms with E-state index < -0.39 is 0 Å². The second-order valence-corrected chi connectivity index (χ2v) is 4.26. The molecule has 0 aliphatic heterocycles. The zero-order valence-electron chi connectivity index (χ0n) is 12.3. The van der Waals surface area contributed by atoms with Crippen LogP contribution in [0.15, 0.2) is 18.2 Å². The van der Waals surface area contributed by atoms with E-state index in [-0.39, 0.29) is 24.9 Å². The minimum absolute atomic E-state index is 0.0781. The Bertz CT molecular complexity index is 491. The van der Waals surface area contributed by atoms with Gasteiger partial charge in [-0.3, -0.25) is 9.59 Å². The topological polar surface area (TPSA) is 103 Å². The van der Waals surface area contributed by atoms with Crippen molar-refractivity contribution in [2.45, 2.75) is 6.42 Å². The first kappa shape index (κ1) is 16.8. The van der Waals surface area contributed by atoms with Gasteiger partial charge in [0, 0.05) is 6.54 Å². The van der Waals surface area contributed by atoms with Crippen LogP contribution in [0.25, 0.3) is 0 Å². The van der Waals surface area contributed by atoms with E-state index in [1.54, 1.807) is 14.2 Å². The molecule has 116 valence electrons. The molecule has 0 aliphatic rings. The maximum atomic E-state index is 11.5. The van der Waals surface area contributed by atoms with Gasteiger partial charge in [0.15, 0.2) is 0 Å². The highest BCUT2D eigenvalue weighted by atomic mass is 16.5. The first-order chi connectivity index (χ1) is 10.1. The lowest BCUT2D eigenvalue weighted by Gasteiger charge is -2.11. The van der Waals surface area contributed by atoms with Gasteiger partial charge in [-0.05, 0) is 30.2 Å². The highest BCUT2D eigenvalue weighted by Crippen LogP contribution is 2.23. The van der Waals surface area contributed by atoms with Crippen LogP contribution in [0.2, 0.25) is 0 Å². The van der Waals surface area contributed by atoms with Gasteiger partial charge in [0.25, 0.3) is 0 Å². The van der Waals surface area contributed by atoms with Crippen molar-refractivity contribution < 1.29 is 19.1 Å². The molecule has 0 radical (unpaired) electrons. The number of rotatable bonds is 8. The van der Waals surface area contributed by atoms with Crippen molar-refractivity contribution in [1.29, 1.82) is 0 Å². The van der Waals surface area contributed by atoms with E-state index in [2.05, 4.69) is 10.6 Å². The van der Waals surface area contributed by atoms with Crippen LogP contribution in [-0.2, 0) is 16.0 Å². The Morgan fingerprint density at radius 1 is 1.14 bits per heavy atom. The molecule has 0 bridgehead atoms. The Morgan fingerprint density at radius 3 is 2.52 bits per heavy atom. The fourth-order valence-electron chi connectivity index (χ4n) is 1.73. The highest BCUT2D eigenvalue weighted by molar-refractivity contribution is 5.85. The number of amides is 2. The maximum Gasteiger partial charge on any atom is 0.239 e. The highest BCUT2D eigenvalue weighted by Gasteiger charge is 2.07. The third-order valence-corrected chi connectivity index (χ3v) is 2.84. The third-order valence-electron chi connectivity index (χ3n) is 2.84. The number of hydrogen-bond acceptors (Lipinski definition) is 5. The minimum Gasteiger partial charge on any atom is -0.497 e. The van der Waals surface area contributed by atoms with E-state index in [9.17, 15) is 9.59 Å². The van der Waals surface area contributed by atoms with E-state index in [0.717, 1.165) is 17.1 Å². The quantitative estimate of drug-likeness (QED) is 0.596. The summed E-state index contributed by atoms with van der Waals surface area (Å²) >= 11 is 0. The first-order valence-corrected chi connectivity index (χ1v) is 6.55. The molecule has 21 heavy (non-hydrogen) atoms. The molecular formula is C14H21N3O4. The zero-order chi connectivity index (χ0) is 15.7. The van der Waals surface area contributed by atoms with Crippen LogP contribution in [0.4, 0.5) is 0 Å². The van der Waals surface area contributed by atoms with Gasteiger partial charge in [-0.15, -0.1) is 0 Å². The monoisotopic (exact) mass is 295 g/mol. The fourth-order valence-corrected chi connectivity index (χ4v) is 1.73. The molecule has 0 saturated heterocycles. The molecule has 0 aliphatic carbocycles. The van der Waals surface area contributed by atoms with Crippen LogP contribution in [0.3, 0.4) is 0 Å². The summed E-state index contributed by atoms with van der Waals surface area (Å²) in [7, 11) is 3.18. The average Bonchev–Trinajstić information content (AvgIpc) is 2.52. The van der Waals surface area contributed by atoms with Crippen molar-refractivity contribution in [1.82, 2.24) is 10.6 Å². The summed E-state index contributed by atoms with van der Waals surface area (Å²) in [5.41, 5.74) is 6.06. The molecule has 1 aromatic rings. The van der Waals surface area contributed by atoms with E-state index >= 15 is 0 Å². The van der Waals surface area contributed by atoms with Crippen molar-refractivity contribution in [3.63, 3.8) is 0 Å². The number of methoxy groups -OCH3 is 2. The van der Waals surface area contributed by atoms with Crippen LogP contribution in [-0.4, -0.2) is 45.7 Å². The molecule has 0 spiro atoms. The van der Waals surface area contributed by atoms with Crippen LogP contribution >= 0.6 is 0 Å². The van der Waals surface area contributed by atoms with Gasteiger partial charge < -0.3 is 25.8 Å². The standard InChI is InChI=1S/C14H21N3O4/c1-20-11-3-4-12(21-2)10(7-11)5-6-16-14(19)9-17-13(18)8-15/h3-4,7H,5-6,8-9,15H2,1-2H3,(H,16,19)(H,17,18). The maximum absolute atomic E-state index is 11.5. The molecular weight excluding hydrogens is 274 g/mol. The summed E-state index contributed by atoms with van der Waals surface area (Å²) in [5.74, 6) is 0.840. The molecule has 0 fully saturated rings. The van der Waals surface area contributed by atoms with Gasteiger partial charge in [0.1, 0.15) is 11.5 Å². The lowest BCUT2D eigenvalue weighted by Crippen LogP contribution is -2.40. The van der Waals surface area contributed by atoms with Crippen molar-refractivity contribution in [2.24, 2.45) is 5.73 Å². The molecule has 7 heteroatoms. The zero-order valence-corrected chi connectivity index (χ0v) is 12.3. The summed E-state index contributed by atoms with van der Waals surface area (Å²) in [6.45, 7) is 0.223. The Balaban J connectivity index is 2.44. The van der Waals surface area contributed by atoms with Crippen LogP contribution in [0.5, 0.6) is 11.5 Å². The molecule has 0 saturated carbocycles. The van der Waals surface area contributed by atoms with Crippen molar-refractivity contribution in [3.05, 3.63) is 23.8 Å². The Hall–Kier alpha value is -2.28. The molecule has 0 unspecified atom stereocenters. The van der Waals surface area contributed by atoms with Crippen LogP contribution < -0.4 is 25.8 Å². The number of hydrogen-bond donors (Lipinski definition) is 3. The summed E-state index contributed by atoms with van der Waals surface area (Å²) in [5, 5.41) is 5.11. The fraction of sp³-hybridized carbons (Fsp3) is 0.429. The SMILES string of the molecule is COc1ccc(OC)c(CCNC(=O)CNC(=O)CN)c1. The van der Waals surface area contributed by atoms with Gasteiger partial charge in [0.05, 0.1) is 27.3 Å². The van der Waals surface area contributed by atoms with Gasteiger partial charge in [-0.2, -0.15) is 0 Å². The molecule has 1 rings (SSSR count). The average molecular weight is 295 g/mol. The molecule has 1 aromatic carbocycles. The van der Waals surface area contributed by atoms with Crippen molar-refractivity contribution >= 4 is 11.8 Å². The van der Waals surface area contributed by atoms with E-state index in [0.29, 0.717) is 13.0 Å². The Morgan fingerprint density at radius 2 is 1.90 bits per heavy atom. The molecule has 4 N–H and O–H groups in total. The predicted molar refractivity (Wildman–Crippen MR) is 78.3 cm³/mol. The van der Waals surface area contributed by atoms with Gasteiger partial charge >= 0.3 is 0 Å². The van der Waals surface area contributed by atoms with Crippen LogP contribution in [0, 0.1) is 0 Å². The Labute approximate surface area is 123 Å². The number of benzene rings is 1. The smallest absolute Gasteiger partial charge is 0.239 e. The molecule has 0 aromatic heterocycles. The summed E-state index contributed by atoms with van der Waals surface area (Å²) in [6, 6.07) is 5.49. The number of nitrogens with one attached hydrogen (secondary N) is 2. The molecule has 2 amide bonds. The second-order valence-electron chi connectivity index (χ2n) is 4.26. The molecule has 7 nitrogen and oxygen atoms in total. The summed E-state index contributed by atoms with van der Waals surface area (Å²) in [4.78, 5) is 22.4. The Kier molecular flexibility index (Phi) is 7.03. The summed E-state index contributed by atoms with van der Waals surface area (Å²) < 4.78 is 10.4. The lowest BCUT2D eigenvalue weighted by molar-refractivity contribution is -0.125. The number of carbonyl (C=O) groups is 2. The van der Waals surface area contributed by atoms with Gasteiger partial charge in [-0.1, -0.05) is 0 Å². The number of ether oxygens (including phenoxy) is 2.